The lowest BCUT2D eigenvalue weighted by Gasteiger charge is -2.35. The Balaban J connectivity index is 1.78. The zero-order valence-corrected chi connectivity index (χ0v) is 13.0. The summed E-state index contributed by atoms with van der Waals surface area (Å²) in [4.78, 5) is 5.35. The SMILES string of the molecule is O=S(=O)(c1cc(F)ccc1F)N1CCN(c2ccncc2)CC1. The number of nitrogens with zero attached hydrogens (tertiary/aromatic N) is 3. The largest absolute Gasteiger partial charge is 0.369 e. The highest BCUT2D eigenvalue weighted by Crippen LogP contribution is 2.23. The van der Waals surface area contributed by atoms with Crippen molar-refractivity contribution in [3.8, 4) is 0 Å². The van der Waals surface area contributed by atoms with Gasteiger partial charge in [0.05, 0.1) is 0 Å². The number of hydrogen-bond donors (Lipinski definition) is 0. The van der Waals surface area contributed by atoms with Gasteiger partial charge in [-0.2, -0.15) is 4.31 Å². The Kier molecular flexibility index (Phi) is 4.27. The smallest absolute Gasteiger partial charge is 0.246 e. The van der Waals surface area contributed by atoms with E-state index in [0.717, 1.165) is 23.9 Å². The molecular formula is C15H15F2N3O2S. The van der Waals surface area contributed by atoms with Crippen LogP contribution in [0.15, 0.2) is 47.6 Å². The van der Waals surface area contributed by atoms with Crippen LogP contribution < -0.4 is 4.90 Å². The summed E-state index contributed by atoms with van der Waals surface area (Å²) < 4.78 is 53.2. The molecule has 2 aromatic rings. The van der Waals surface area contributed by atoms with E-state index in [-0.39, 0.29) is 13.1 Å². The van der Waals surface area contributed by atoms with Crippen molar-refractivity contribution in [1.29, 1.82) is 0 Å². The fourth-order valence-electron chi connectivity index (χ4n) is 2.56. The summed E-state index contributed by atoms with van der Waals surface area (Å²) in [5, 5.41) is 0. The van der Waals surface area contributed by atoms with Crippen molar-refractivity contribution >= 4 is 15.7 Å². The van der Waals surface area contributed by atoms with E-state index >= 15 is 0 Å². The second-order valence-corrected chi connectivity index (χ2v) is 7.08. The maximum absolute atomic E-state index is 13.8. The van der Waals surface area contributed by atoms with Crippen LogP contribution in [0.25, 0.3) is 0 Å². The molecule has 0 bridgehead atoms. The van der Waals surface area contributed by atoms with Crippen LogP contribution in [0.1, 0.15) is 0 Å². The Hall–Kier alpha value is -2.06. The van der Waals surface area contributed by atoms with Gasteiger partial charge in [-0.15, -0.1) is 0 Å². The number of aromatic nitrogens is 1. The molecule has 3 rings (SSSR count). The van der Waals surface area contributed by atoms with Crippen molar-refractivity contribution < 1.29 is 17.2 Å². The lowest BCUT2D eigenvalue weighted by atomic mass is 10.3. The van der Waals surface area contributed by atoms with Gasteiger partial charge in [-0.3, -0.25) is 4.98 Å². The second kappa shape index (κ2) is 6.21. The van der Waals surface area contributed by atoms with Gasteiger partial charge in [0.15, 0.2) is 0 Å². The van der Waals surface area contributed by atoms with E-state index in [9.17, 15) is 17.2 Å². The zero-order chi connectivity index (χ0) is 16.4. The number of halogens is 2. The van der Waals surface area contributed by atoms with E-state index in [2.05, 4.69) is 4.98 Å². The highest BCUT2D eigenvalue weighted by molar-refractivity contribution is 7.89. The topological polar surface area (TPSA) is 53.5 Å². The van der Waals surface area contributed by atoms with E-state index in [0.29, 0.717) is 13.1 Å². The normalized spacial score (nSPS) is 16.5. The van der Waals surface area contributed by atoms with Gasteiger partial charge in [0.25, 0.3) is 0 Å². The molecule has 2 heterocycles. The molecule has 0 N–H and O–H groups in total. The van der Waals surface area contributed by atoms with E-state index < -0.39 is 26.6 Å². The molecule has 1 saturated heterocycles. The average Bonchev–Trinajstić information content (AvgIpc) is 2.58. The number of hydrogen-bond acceptors (Lipinski definition) is 4. The molecule has 0 spiro atoms. The number of piperazine rings is 1. The highest BCUT2D eigenvalue weighted by Gasteiger charge is 2.31. The number of anilines is 1. The van der Waals surface area contributed by atoms with E-state index in [1.165, 1.54) is 4.31 Å². The monoisotopic (exact) mass is 339 g/mol. The Morgan fingerprint density at radius 2 is 1.61 bits per heavy atom. The fraction of sp³-hybridized carbons (Fsp3) is 0.267. The molecule has 0 radical (unpaired) electrons. The number of benzene rings is 1. The third kappa shape index (κ3) is 3.18. The summed E-state index contributed by atoms with van der Waals surface area (Å²) in [6.45, 7) is 1.36. The summed E-state index contributed by atoms with van der Waals surface area (Å²) in [6.07, 6.45) is 3.33. The van der Waals surface area contributed by atoms with Gasteiger partial charge in [-0.1, -0.05) is 0 Å². The molecule has 1 aromatic carbocycles. The first-order valence-corrected chi connectivity index (χ1v) is 8.53. The average molecular weight is 339 g/mol. The summed E-state index contributed by atoms with van der Waals surface area (Å²) in [6, 6.07) is 6.14. The van der Waals surface area contributed by atoms with Crippen LogP contribution in [-0.2, 0) is 10.0 Å². The molecule has 1 aromatic heterocycles. The molecule has 0 aliphatic carbocycles. The summed E-state index contributed by atoms with van der Waals surface area (Å²) >= 11 is 0. The van der Waals surface area contributed by atoms with Crippen molar-refractivity contribution in [1.82, 2.24) is 9.29 Å². The van der Waals surface area contributed by atoms with Crippen molar-refractivity contribution in [3.05, 3.63) is 54.4 Å². The first-order chi connectivity index (χ1) is 11.0. The molecule has 5 nitrogen and oxygen atoms in total. The molecule has 1 aliphatic rings. The second-order valence-electron chi connectivity index (χ2n) is 5.17. The van der Waals surface area contributed by atoms with Crippen molar-refractivity contribution in [2.75, 3.05) is 31.1 Å². The summed E-state index contributed by atoms with van der Waals surface area (Å²) in [7, 11) is -4.04. The molecule has 0 unspecified atom stereocenters. The molecular weight excluding hydrogens is 324 g/mol. The molecule has 0 amide bonds. The molecule has 23 heavy (non-hydrogen) atoms. The van der Waals surface area contributed by atoms with Gasteiger partial charge in [0.1, 0.15) is 16.5 Å². The van der Waals surface area contributed by atoms with Crippen LogP contribution in [0.4, 0.5) is 14.5 Å². The molecule has 1 fully saturated rings. The van der Waals surface area contributed by atoms with Gasteiger partial charge >= 0.3 is 0 Å². The van der Waals surface area contributed by atoms with Crippen LogP contribution in [0.2, 0.25) is 0 Å². The summed E-state index contributed by atoms with van der Waals surface area (Å²) in [5.41, 5.74) is 0.953. The third-order valence-electron chi connectivity index (χ3n) is 3.78. The molecule has 0 saturated carbocycles. The third-order valence-corrected chi connectivity index (χ3v) is 5.69. The lowest BCUT2D eigenvalue weighted by Crippen LogP contribution is -2.48. The minimum absolute atomic E-state index is 0.209. The quantitative estimate of drug-likeness (QED) is 0.857. The first-order valence-electron chi connectivity index (χ1n) is 7.08. The maximum Gasteiger partial charge on any atom is 0.246 e. The Morgan fingerprint density at radius 1 is 0.957 bits per heavy atom. The number of sulfonamides is 1. The predicted octanol–water partition coefficient (Wildman–Crippen LogP) is 1.87. The van der Waals surface area contributed by atoms with Gasteiger partial charge in [0, 0.05) is 44.3 Å². The molecule has 8 heteroatoms. The van der Waals surface area contributed by atoms with Crippen LogP contribution in [0.3, 0.4) is 0 Å². The van der Waals surface area contributed by atoms with Crippen LogP contribution >= 0.6 is 0 Å². The van der Waals surface area contributed by atoms with Crippen LogP contribution in [0, 0.1) is 11.6 Å². The Labute approximate surface area is 133 Å². The number of rotatable bonds is 3. The maximum atomic E-state index is 13.8. The highest BCUT2D eigenvalue weighted by atomic mass is 32.2. The Morgan fingerprint density at radius 3 is 2.26 bits per heavy atom. The lowest BCUT2D eigenvalue weighted by molar-refractivity contribution is 0.382. The number of pyridine rings is 1. The van der Waals surface area contributed by atoms with E-state index in [1.807, 2.05) is 17.0 Å². The zero-order valence-electron chi connectivity index (χ0n) is 12.2. The first kappa shape index (κ1) is 15.8. The molecule has 0 atom stereocenters. The van der Waals surface area contributed by atoms with E-state index in [4.69, 9.17) is 0 Å². The predicted molar refractivity (Wildman–Crippen MR) is 81.6 cm³/mol. The van der Waals surface area contributed by atoms with Gasteiger partial charge in [-0.25, -0.2) is 17.2 Å². The Bertz CT molecular complexity index is 792. The van der Waals surface area contributed by atoms with Crippen LogP contribution in [-0.4, -0.2) is 43.9 Å². The minimum Gasteiger partial charge on any atom is -0.369 e. The van der Waals surface area contributed by atoms with Crippen molar-refractivity contribution in [2.45, 2.75) is 4.90 Å². The molecule has 122 valence electrons. The fourth-order valence-corrected chi connectivity index (χ4v) is 4.05. The van der Waals surface area contributed by atoms with Gasteiger partial charge in [-0.05, 0) is 30.3 Å². The van der Waals surface area contributed by atoms with Crippen molar-refractivity contribution in [3.63, 3.8) is 0 Å². The summed E-state index contributed by atoms with van der Waals surface area (Å²) in [5.74, 6) is -1.72. The van der Waals surface area contributed by atoms with Gasteiger partial charge < -0.3 is 4.90 Å². The standard InChI is InChI=1S/C15H15F2N3O2S/c16-12-1-2-14(17)15(11-12)23(21,22)20-9-7-19(8-10-20)13-3-5-18-6-4-13/h1-6,11H,7-10H2. The van der Waals surface area contributed by atoms with Gasteiger partial charge in [0.2, 0.25) is 10.0 Å². The van der Waals surface area contributed by atoms with Crippen molar-refractivity contribution in [2.24, 2.45) is 0 Å². The molecule has 1 aliphatic heterocycles. The van der Waals surface area contributed by atoms with E-state index in [1.54, 1.807) is 12.4 Å². The minimum atomic E-state index is -4.04. The van der Waals surface area contributed by atoms with Crippen LogP contribution in [0.5, 0.6) is 0 Å².